The molecule has 2 aliphatic rings. The smallest absolute Gasteiger partial charge is 0.190 e. The molecule has 2 aliphatic heterocycles. The minimum absolute atomic E-state index is 0.244. The summed E-state index contributed by atoms with van der Waals surface area (Å²) in [4.78, 5) is 21.7. The van der Waals surface area contributed by atoms with Gasteiger partial charge in [-0.05, 0) is 55.8 Å². The van der Waals surface area contributed by atoms with E-state index >= 15 is 0 Å². The van der Waals surface area contributed by atoms with Crippen LogP contribution in [-0.4, -0.2) is 60.8 Å². The Labute approximate surface area is 225 Å². The predicted octanol–water partition coefficient (Wildman–Crippen LogP) is 4.69. The van der Waals surface area contributed by atoms with Crippen LogP contribution in [0.1, 0.15) is 42.8 Å². The number of piperidine rings is 1. The number of H-pyrrole nitrogens is 1. The topological polar surface area (TPSA) is 103 Å². The van der Waals surface area contributed by atoms with E-state index in [-0.39, 0.29) is 11.7 Å². The lowest BCUT2D eigenvalue weighted by Crippen LogP contribution is -2.53. The van der Waals surface area contributed by atoms with Crippen LogP contribution in [-0.2, 0) is 6.54 Å². The summed E-state index contributed by atoms with van der Waals surface area (Å²) in [7, 11) is 0. The molecule has 4 aromatic rings. The third-order valence-corrected chi connectivity index (χ3v) is 8.23. The zero-order valence-electron chi connectivity index (χ0n) is 20.5. The van der Waals surface area contributed by atoms with Crippen molar-refractivity contribution in [1.82, 2.24) is 34.6 Å². The minimum Gasteiger partial charge on any atom is -0.355 e. The molecule has 190 valence electrons. The molecule has 3 aromatic heterocycles. The predicted molar refractivity (Wildman–Crippen MR) is 143 cm³/mol. The summed E-state index contributed by atoms with van der Waals surface area (Å²) in [5.74, 6) is 2.12. The van der Waals surface area contributed by atoms with Gasteiger partial charge in [-0.2, -0.15) is 10.4 Å². The van der Waals surface area contributed by atoms with Gasteiger partial charge in [-0.25, -0.2) is 19.6 Å². The van der Waals surface area contributed by atoms with Crippen molar-refractivity contribution in [2.75, 3.05) is 31.1 Å². The number of aromatic nitrogens is 6. The number of likely N-dealkylation sites (tertiary alicyclic amines) is 1. The molecule has 0 aliphatic carbocycles. The fourth-order valence-corrected chi connectivity index (χ4v) is 6.17. The van der Waals surface area contributed by atoms with Crippen molar-refractivity contribution in [3.05, 3.63) is 63.9 Å². The molecule has 1 aromatic carbocycles. The van der Waals surface area contributed by atoms with Crippen molar-refractivity contribution in [3.8, 4) is 6.07 Å². The van der Waals surface area contributed by atoms with E-state index in [4.69, 9.17) is 28.2 Å². The van der Waals surface area contributed by atoms with Crippen LogP contribution in [0.2, 0.25) is 10.0 Å². The first-order valence-corrected chi connectivity index (χ1v) is 13.3. The number of benzene rings is 1. The zero-order valence-corrected chi connectivity index (χ0v) is 22.0. The Morgan fingerprint density at radius 2 is 2.05 bits per heavy atom. The standard InChI is InChI=1S/C26H27Cl2N9/c1-16(21-5-4-19(27)7-22(21)28)37-26-25(23(8-29)34-37)31-10-24(33-26)36-12-18(13-36)17-3-2-6-35(11-17)14-20-9-30-15-32-20/h4-5,7,9-10,15-18H,2-3,6,11-14H2,1H3,(H,30,32)/t16-,17-/m1/s1. The molecule has 9 nitrogen and oxygen atoms in total. The third kappa shape index (κ3) is 4.65. The van der Waals surface area contributed by atoms with E-state index in [0.29, 0.717) is 33.0 Å². The number of fused-ring (bicyclic) bond motifs is 1. The van der Waals surface area contributed by atoms with Gasteiger partial charge in [0.25, 0.3) is 0 Å². The average Bonchev–Trinajstić information content (AvgIpc) is 3.50. The van der Waals surface area contributed by atoms with Crippen LogP contribution in [0.25, 0.3) is 11.2 Å². The highest BCUT2D eigenvalue weighted by molar-refractivity contribution is 6.35. The van der Waals surface area contributed by atoms with Crippen molar-refractivity contribution in [1.29, 1.82) is 5.26 Å². The molecule has 0 radical (unpaired) electrons. The Bertz CT molecular complexity index is 1450. The van der Waals surface area contributed by atoms with Gasteiger partial charge in [0, 0.05) is 48.1 Å². The maximum absolute atomic E-state index is 9.65. The number of rotatable bonds is 6. The Hall–Kier alpha value is -3.19. The van der Waals surface area contributed by atoms with Crippen molar-refractivity contribution in [3.63, 3.8) is 0 Å². The Morgan fingerprint density at radius 3 is 2.81 bits per heavy atom. The quantitative estimate of drug-likeness (QED) is 0.382. The normalized spacial score (nSPS) is 19.6. The van der Waals surface area contributed by atoms with Crippen LogP contribution >= 0.6 is 23.2 Å². The van der Waals surface area contributed by atoms with Gasteiger partial charge < -0.3 is 9.88 Å². The number of hydrogen-bond acceptors (Lipinski definition) is 7. The van der Waals surface area contributed by atoms with E-state index in [1.807, 2.05) is 19.2 Å². The zero-order chi connectivity index (χ0) is 25.5. The summed E-state index contributed by atoms with van der Waals surface area (Å²) < 4.78 is 1.74. The number of anilines is 1. The van der Waals surface area contributed by atoms with Crippen molar-refractivity contribution < 1.29 is 0 Å². The van der Waals surface area contributed by atoms with Crippen LogP contribution in [0, 0.1) is 23.2 Å². The Morgan fingerprint density at radius 1 is 1.19 bits per heavy atom. The molecule has 0 saturated carbocycles. The molecule has 2 fully saturated rings. The fourth-order valence-electron chi connectivity index (χ4n) is 5.60. The van der Waals surface area contributed by atoms with E-state index in [2.05, 4.69) is 35.9 Å². The molecule has 6 rings (SSSR count). The second-order valence-electron chi connectivity index (χ2n) is 10.0. The number of nitrogens with one attached hydrogen (secondary N) is 1. The molecule has 0 unspecified atom stereocenters. The molecule has 11 heteroatoms. The van der Waals surface area contributed by atoms with Gasteiger partial charge in [0.1, 0.15) is 17.4 Å². The highest BCUT2D eigenvalue weighted by atomic mass is 35.5. The van der Waals surface area contributed by atoms with Crippen LogP contribution in [0.3, 0.4) is 0 Å². The number of hydrogen-bond donors (Lipinski definition) is 1. The monoisotopic (exact) mass is 535 g/mol. The van der Waals surface area contributed by atoms with Gasteiger partial charge in [0.2, 0.25) is 0 Å². The second-order valence-corrected chi connectivity index (χ2v) is 10.9. The number of imidazole rings is 1. The van der Waals surface area contributed by atoms with Crippen LogP contribution in [0.15, 0.2) is 36.9 Å². The summed E-state index contributed by atoms with van der Waals surface area (Å²) >= 11 is 12.6. The van der Waals surface area contributed by atoms with Gasteiger partial charge >= 0.3 is 0 Å². The number of aromatic amines is 1. The molecule has 5 heterocycles. The summed E-state index contributed by atoms with van der Waals surface area (Å²) in [5, 5.41) is 15.3. The molecule has 1 N–H and O–H groups in total. The van der Waals surface area contributed by atoms with E-state index in [1.54, 1.807) is 29.3 Å². The lowest BCUT2D eigenvalue weighted by atomic mass is 9.80. The molecule has 37 heavy (non-hydrogen) atoms. The summed E-state index contributed by atoms with van der Waals surface area (Å²) in [6.07, 6.45) is 7.90. The van der Waals surface area contributed by atoms with E-state index in [0.717, 1.165) is 44.1 Å². The van der Waals surface area contributed by atoms with Gasteiger partial charge in [0.05, 0.1) is 18.6 Å². The summed E-state index contributed by atoms with van der Waals surface area (Å²) in [5.41, 5.74) is 3.36. The number of nitrogens with zero attached hydrogens (tertiary/aromatic N) is 8. The lowest BCUT2D eigenvalue weighted by molar-refractivity contribution is 0.113. The lowest BCUT2D eigenvalue weighted by Gasteiger charge is -2.47. The minimum atomic E-state index is -0.244. The largest absolute Gasteiger partial charge is 0.355 e. The van der Waals surface area contributed by atoms with Gasteiger partial charge in [-0.3, -0.25) is 4.90 Å². The van der Waals surface area contributed by atoms with Gasteiger partial charge in [-0.1, -0.05) is 29.3 Å². The maximum Gasteiger partial charge on any atom is 0.190 e. The van der Waals surface area contributed by atoms with Gasteiger partial charge in [0.15, 0.2) is 11.3 Å². The van der Waals surface area contributed by atoms with Crippen LogP contribution in [0.4, 0.5) is 5.82 Å². The first-order valence-electron chi connectivity index (χ1n) is 12.5. The SMILES string of the molecule is C[C@H](c1ccc(Cl)cc1Cl)n1nc(C#N)c2ncc(N3CC([C@@H]4CCCN(Cc5cnc[nH]5)C4)C3)nc21. The van der Waals surface area contributed by atoms with Crippen molar-refractivity contribution in [2.24, 2.45) is 11.8 Å². The number of nitriles is 1. The fraction of sp³-hybridized carbons (Fsp3) is 0.423. The van der Waals surface area contributed by atoms with Crippen LogP contribution < -0.4 is 4.90 Å². The molecular formula is C26H27Cl2N9. The Kier molecular flexibility index (Phi) is 6.49. The molecule has 0 bridgehead atoms. The highest BCUT2D eigenvalue weighted by Gasteiger charge is 2.37. The molecule has 2 saturated heterocycles. The first kappa shape index (κ1) is 24.2. The molecular weight excluding hydrogens is 509 g/mol. The Balaban J connectivity index is 1.19. The molecule has 2 atom stereocenters. The van der Waals surface area contributed by atoms with E-state index < -0.39 is 0 Å². The first-order chi connectivity index (χ1) is 18.0. The number of halogens is 2. The van der Waals surface area contributed by atoms with Crippen LogP contribution in [0.5, 0.6) is 0 Å². The average molecular weight is 536 g/mol. The van der Waals surface area contributed by atoms with Crippen molar-refractivity contribution >= 4 is 40.2 Å². The van der Waals surface area contributed by atoms with Crippen molar-refractivity contribution in [2.45, 2.75) is 32.4 Å². The van der Waals surface area contributed by atoms with Gasteiger partial charge in [-0.15, -0.1) is 0 Å². The maximum atomic E-state index is 9.65. The molecule has 0 spiro atoms. The summed E-state index contributed by atoms with van der Waals surface area (Å²) in [6, 6.07) is 7.30. The highest BCUT2D eigenvalue weighted by Crippen LogP contribution is 2.35. The third-order valence-electron chi connectivity index (χ3n) is 7.67. The summed E-state index contributed by atoms with van der Waals surface area (Å²) in [6.45, 7) is 7.07. The second kappa shape index (κ2) is 9.93. The molecule has 0 amide bonds. The van der Waals surface area contributed by atoms with E-state index in [1.165, 1.54) is 18.5 Å². The van der Waals surface area contributed by atoms with E-state index in [9.17, 15) is 5.26 Å².